The molecule has 0 saturated carbocycles. The van der Waals surface area contributed by atoms with Gasteiger partial charge < -0.3 is 4.57 Å². The average molecular weight is 323 g/mol. The summed E-state index contributed by atoms with van der Waals surface area (Å²) in [6.45, 7) is 2.94. The van der Waals surface area contributed by atoms with Crippen molar-refractivity contribution >= 4 is 34.4 Å². The van der Waals surface area contributed by atoms with E-state index in [1.807, 2.05) is 29.9 Å². The highest BCUT2D eigenvalue weighted by atomic mass is 35.5. The molecule has 2 heterocycles. The summed E-state index contributed by atoms with van der Waals surface area (Å²) in [5.41, 5.74) is 1.97. The van der Waals surface area contributed by atoms with Crippen LogP contribution in [0.25, 0.3) is 11.0 Å². The first kappa shape index (κ1) is 14.3. The number of benzene rings is 1. The van der Waals surface area contributed by atoms with Crippen LogP contribution in [0.15, 0.2) is 23.4 Å². The summed E-state index contributed by atoms with van der Waals surface area (Å²) >= 11 is 7.63. The molecule has 6 nitrogen and oxygen atoms in total. The smallest absolute Gasteiger partial charge is 0.169 e. The average Bonchev–Trinajstić information content (AvgIpc) is 3.02. The van der Waals surface area contributed by atoms with E-state index < -0.39 is 0 Å². The molecule has 3 aromatic rings. The molecule has 2 aromatic heterocycles. The molecule has 110 valence electrons. The summed E-state index contributed by atoms with van der Waals surface area (Å²) < 4.78 is 3.90. The molecule has 0 unspecified atom stereocenters. The summed E-state index contributed by atoms with van der Waals surface area (Å²) in [6, 6.07) is 5.74. The number of imidazole rings is 1. The first-order chi connectivity index (χ1) is 10.2. The highest BCUT2D eigenvalue weighted by molar-refractivity contribution is 7.98. The van der Waals surface area contributed by atoms with Gasteiger partial charge in [0.1, 0.15) is 0 Å². The number of fused-ring (bicyclic) bond motifs is 1. The van der Waals surface area contributed by atoms with Crippen LogP contribution in [0.4, 0.5) is 0 Å². The fourth-order valence-electron chi connectivity index (χ4n) is 2.12. The molecule has 0 spiro atoms. The van der Waals surface area contributed by atoms with E-state index in [-0.39, 0.29) is 0 Å². The molecule has 8 heteroatoms. The zero-order valence-electron chi connectivity index (χ0n) is 11.8. The Bertz CT molecular complexity index is 765. The Morgan fingerprint density at radius 1 is 1.33 bits per heavy atom. The van der Waals surface area contributed by atoms with E-state index in [2.05, 4.69) is 32.0 Å². The van der Waals surface area contributed by atoms with E-state index in [4.69, 9.17) is 11.6 Å². The van der Waals surface area contributed by atoms with Crippen molar-refractivity contribution in [1.82, 2.24) is 29.8 Å². The van der Waals surface area contributed by atoms with Crippen LogP contribution in [-0.2, 0) is 19.3 Å². The number of halogens is 1. The van der Waals surface area contributed by atoms with Gasteiger partial charge in [-0.1, -0.05) is 30.3 Å². The van der Waals surface area contributed by atoms with Gasteiger partial charge in [-0.2, -0.15) is 0 Å². The largest absolute Gasteiger partial charge is 0.322 e. The molecule has 0 aliphatic rings. The summed E-state index contributed by atoms with van der Waals surface area (Å²) in [7, 11) is 2.00. The molecule has 3 rings (SSSR count). The lowest BCUT2D eigenvalue weighted by Crippen LogP contribution is -2.04. The Morgan fingerprint density at radius 3 is 3.00 bits per heavy atom. The van der Waals surface area contributed by atoms with Gasteiger partial charge in [0.05, 0.1) is 16.8 Å². The Balaban J connectivity index is 1.82. The number of thioether (sulfide) groups is 1. The number of rotatable bonds is 5. The number of aryl methyl sites for hydroxylation is 2. The van der Waals surface area contributed by atoms with Crippen molar-refractivity contribution in [3.05, 3.63) is 29.0 Å². The third kappa shape index (κ3) is 2.89. The quantitative estimate of drug-likeness (QED) is 0.676. The molecule has 0 N–H and O–H groups in total. The molecule has 1 aromatic carbocycles. The third-order valence-electron chi connectivity index (χ3n) is 3.17. The lowest BCUT2D eigenvalue weighted by molar-refractivity contribution is 0.564. The Hall–Kier alpha value is -1.60. The summed E-state index contributed by atoms with van der Waals surface area (Å²) in [4.78, 5) is 4.61. The van der Waals surface area contributed by atoms with Crippen molar-refractivity contribution in [1.29, 1.82) is 0 Å². The summed E-state index contributed by atoms with van der Waals surface area (Å²) in [5, 5.41) is 13.4. The third-order valence-corrected chi connectivity index (χ3v) is 4.43. The van der Waals surface area contributed by atoms with Crippen molar-refractivity contribution < 1.29 is 0 Å². The topological polar surface area (TPSA) is 61.4 Å². The number of aromatic nitrogens is 6. The van der Waals surface area contributed by atoms with Crippen molar-refractivity contribution in [2.24, 2.45) is 7.05 Å². The van der Waals surface area contributed by atoms with Crippen molar-refractivity contribution in [3.63, 3.8) is 0 Å². The Kier molecular flexibility index (Phi) is 4.12. The molecule has 0 bridgehead atoms. The fourth-order valence-corrected chi connectivity index (χ4v) is 3.21. The van der Waals surface area contributed by atoms with Gasteiger partial charge in [0.25, 0.3) is 0 Å². The molecule has 0 radical (unpaired) electrons. The lowest BCUT2D eigenvalue weighted by atomic mass is 10.3. The van der Waals surface area contributed by atoms with E-state index in [9.17, 15) is 0 Å². The highest BCUT2D eigenvalue weighted by Gasteiger charge is 2.11. The summed E-state index contributed by atoms with van der Waals surface area (Å²) in [5.74, 6) is 1.56. The van der Waals surface area contributed by atoms with E-state index >= 15 is 0 Å². The van der Waals surface area contributed by atoms with E-state index in [0.29, 0.717) is 10.8 Å². The predicted molar refractivity (Wildman–Crippen MR) is 83.4 cm³/mol. The van der Waals surface area contributed by atoms with Crippen molar-refractivity contribution in [2.45, 2.75) is 30.8 Å². The maximum atomic E-state index is 6.01. The van der Waals surface area contributed by atoms with Gasteiger partial charge in [0.15, 0.2) is 11.0 Å². The highest BCUT2D eigenvalue weighted by Crippen LogP contribution is 2.26. The van der Waals surface area contributed by atoms with E-state index in [1.165, 1.54) is 0 Å². The zero-order chi connectivity index (χ0) is 14.8. The van der Waals surface area contributed by atoms with Crippen LogP contribution in [0.1, 0.15) is 19.2 Å². The predicted octanol–water partition coefficient (Wildman–Crippen LogP) is 2.92. The van der Waals surface area contributed by atoms with E-state index in [0.717, 1.165) is 35.0 Å². The SMILES string of the molecule is CCCn1nnnc1CSc1nc2cc(Cl)ccc2n1C. The number of hydrogen-bond acceptors (Lipinski definition) is 5. The second kappa shape index (κ2) is 6.03. The van der Waals surface area contributed by atoms with Crippen LogP contribution in [-0.4, -0.2) is 29.8 Å². The summed E-state index contributed by atoms with van der Waals surface area (Å²) in [6.07, 6.45) is 1.01. The van der Waals surface area contributed by atoms with Crippen molar-refractivity contribution in [3.8, 4) is 0 Å². The van der Waals surface area contributed by atoms with Gasteiger partial charge in [0.2, 0.25) is 0 Å². The molecule has 21 heavy (non-hydrogen) atoms. The van der Waals surface area contributed by atoms with Crippen LogP contribution in [0.3, 0.4) is 0 Å². The molecular formula is C13H15ClN6S. The van der Waals surface area contributed by atoms with Crippen LogP contribution in [0, 0.1) is 0 Å². The van der Waals surface area contributed by atoms with Crippen LogP contribution < -0.4 is 0 Å². The van der Waals surface area contributed by atoms with Gasteiger partial charge >= 0.3 is 0 Å². The molecule has 0 aliphatic carbocycles. The standard InChI is InChI=1S/C13H15ClN6S/c1-3-6-20-12(16-17-18-20)8-21-13-15-10-7-9(14)4-5-11(10)19(13)2/h4-5,7H,3,6,8H2,1-2H3. The normalized spacial score (nSPS) is 11.4. The molecular weight excluding hydrogens is 308 g/mol. The minimum atomic E-state index is 0.692. The number of tetrazole rings is 1. The van der Waals surface area contributed by atoms with Crippen LogP contribution >= 0.6 is 23.4 Å². The molecule has 0 atom stereocenters. The van der Waals surface area contributed by atoms with Gasteiger partial charge in [-0.15, -0.1) is 5.10 Å². The second-order valence-corrected chi connectivity index (χ2v) is 6.07. The maximum absolute atomic E-state index is 6.01. The van der Waals surface area contributed by atoms with Gasteiger partial charge in [-0.3, -0.25) is 0 Å². The Labute approximate surface area is 131 Å². The number of hydrogen-bond donors (Lipinski definition) is 0. The molecule has 0 fully saturated rings. The maximum Gasteiger partial charge on any atom is 0.169 e. The minimum Gasteiger partial charge on any atom is -0.322 e. The lowest BCUT2D eigenvalue weighted by Gasteiger charge is -2.03. The molecule has 0 aliphatic heterocycles. The van der Waals surface area contributed by atoms with Gasteiger partial charge in [-0.05, 0) is 35.0 Å². The monoisotopic (exact) mass is 322 g/mol. The van der Waals surface area contributed by atoms with Crippen LogP contribution in [0.2, 0.25) is 5.02 Å². The fraction of sp³-hybridized carbons (Fsp3) is 0.385. The molecule has 0 amide bonds. The van der Waals surface area contributed by atoms with E-state index in [1.54, 1.807) is 11.8 Å². The first-order valence-electron chi connectivity index (χ1n) is 6.69. The van der Waals surface area contributed by atoms with Gasteiger partial charge in [-0.25, -0.2) is 9.67 Å². The van der Waals surface area contributed by atoms with Gasteiger partial charge in [0, 0.05) is 18.6 Å². The van der Waals surface area contributed by atoms with Crippen molar-refractivity contribution in [2.75, 3.05) is 0 Å². The first-order valence-corrected chi connectivity index (χ1v) is 8.05. The Morgan fingerprint density at radius 2 is 2.19 bits per heavy atom. The minimum absolute atomic E-state index is 0.692. The molecule has 0 saturated heterocycles. The number of nitrogens with zero attached hydrogens (tertiary/aromatic N) is 6. The second-order valence-electron chi connectivity index (χ2n) is 4.69. The van der Waals surface area contributed by atoms with Crippen LogP contribution in [0.5, 0.6) is 0 Å². The zero-order valence-corrected chi connectivity index (χ0v) is 13.4.